The van der Waals surface area contributed by atoms with Crippen molar-refractivity contribution in [3.63, 3.8) is 0 Å². The number of carbonyl (C=O) groups excluding carboxylic acids is 1. The molecule has 0 saturated carbocycles. The van der Waals surface area contributed by atoms with Crippen LogP contribution in [0.5, 0.6) is 0 Å². The Hall–Kier alpha value is -2.33. The van der Waals surface area contributed by atoms with E-state index in [1.807, 2.05) is 12.1 Å². The van der Waals surface area contributed by atoms with Gasteiger partial charge < -0.3 is 10.2 Å². The van der Waals surface area contributed by atoms with E-state index in [1.165, 1.54) is 62.9 Å². The van der Waals surface area contributed by atoms with E-state index in [1.54, 1.807) is 0 Å². The Morgan fingerprint density at radius 2 is 1.62 bits per heavy atom. The summed E-state index contributed by atoms with van der Waals surface area (Å²) in [5.74, 6) is 0.755. The summed E-state index contributed by atoms with van der Waals surface area (Å²) < 4.78 is 0. The van der Waals surface area contributed by atoms with Gasteiger partial charge in [0.1, 0.15) is 0 Å². The predicted octanol–water partition coefficient (Wildman–Crippen LogP) is 5.79. The van der Waals surface area contributed by atoms with Crippen LogP contribution < -0.4 is 10.2 Å². The first-order chi connectivity index (χ1) is 15.6. The van der Waals surface area contributed by atoms with E-state index < -0.39 is 0 Å². The van der Waals surface area contributed by atoms with Crippen molar-refractivity contribution in [1.29, 1.82) is 0 Å². The van der Waals surface area contributed by atoms with E-state index in [4.69, 9.17) is 0 Å². The summed E-state index contributed by atoms with van der Waals surface area (Å²) in [7, 11) is 0. The normalized spacial score (nSPS) is 21.1. The van der Waals surface area contributed by atoms with Gasteiger partial charge in [0, 0.05) is 30.9 Å². The van der Waals surface area contributed by atoms with Crippen LogP contribution >= 0.6 is 0 Å². The highest BCUT2D eigenvalue weighted by molar-refractivity contribution is 5.94. The minimum Gasteiger partial charge on any atom is -0.371 e. The highest BCUT2D eigenvalue weighted by atomic mass is 16.1. The van der Waals surface area contributed by atoms with E-state index >= 15 is 0 Å². The van der Waals surface area contributed by atoms with E-state index in [0.717, 1.165) is 36.7 Å². The Balaban J connectivity index is 1.31. The number of likely N-dealkylation sites (tertiary alicyclic amines) is 1. The van der Waals surface area contributed by atoms with Gasteiger partial charge in [0.25, 0.3) is 5.91 Å². The molecule has 1 N–H and O–H groups in total. The van der Waals surface area contributed by atoms with Crippen molar-refractivity contribution < 1.29 is 4.79 Å². The summed E-state index contributed by atoms with van der Waals surface area (Å²) in [5.41, 5.74) is 4.46. The number of piperidine rings is 1. The molecule has 0 unspecified atom stereocenters. The lowest BCUT2D eigenvalue weighted by Gasteiger charge is -2.33. The fourth-order valence-electron chi connectivity index (χ4n) is 5.08. The molecule has 0 radical (unpaired) electrons. The second kappa shape index (κ2) is 11.0. The molecule has 2 aliphatic heterocycles. The molecule has 2 saturated heterocycles. The Bertz CT molecular complexity index is 853. The highest BCUT2D eigenvalue weighted by Gasteiger charge is 2.17. The molecule has 32 heavy (non-hydrogen) atoms. The second-order valence-electron chi connectivity index (χ2n) is 9.87. The van der Waals surface area contributed by atoms with E-state index in [2.05, 4.69) is 65.4 Å². The number of anilines is 1. The summed E-state index contributed by atoms with van der Waals surface area (Å²) >= 11 is 0. The molecule has 2 heterocycles. The number of nitrogens with zero attached hydrogens (tertiary/aromatic N) is 2. The van der Waals surface area contributed by atoms with E-state index in [9.17, 15) is 4.79 Å². The fraction of sp³-hybridized carbons (Fsp3) is 0.536. The van der Waals surface area contributed by atoms with Crippen LogP contribution in [0.3, 0.4) is 0 Å². The van der Waals surface area contributed by atoms with Gasteiger partial charge in [-0.15, -0.1) is 0 Å². The van der Waals surface area contributed by atoms with Crippen molar-refractivity contribution in [3.8, 4) is 0 Å². The first-order valence-corrected chi connectivity index (χ1v) is 12.6. The van der Waals surface area contributed by atoms with Crippen LogP contribution in [0.2, 0.25) is 0 Å². The topological polar surface area (TPSA) is 35.6 Å². The van der Waals surface area contributed by atoms with Crippen LogP contribution in [-0.4, -0.2) is 37.0 Å². The zero-order chi connectivity index (χ0) is 22.3. The summed E-state index contributed by atoms with van der Waals surface area (Å²) in [6.45, 7) is 10.0. The average Bonchev–Trinajstić information content (AvgIpc) is 3.08. The first-order valence-electron chi connectivity index (χ1n) is 12.6. The first kappa shape index (κ1) is 22.8. The number of carbonyl (C=O) groups is 1. The lowest BCUT2D eigenvalue weighted by Crippen LogP contribution is -2.34. The molecule has 2 atom stereocenters. The molecule has 4 nitrogen and oxygen atoms in total. The summed E-state index contributed by atoms with van der Waals surface area (Å²) in [6, 6.07) is 16.9. The summed E-state index contributed by atoms with van der Waals surface area (Å²) in [5, 5.41) is 3.16. The van der Waals surface area contributed by atoms with Gasteiger partial charge in [0.15, 0.2) is 0 Å². The number of hydrogen-bond donors (Lipinski definition) is 1. The van der Waals surface area contributed by atoms with Crippen molar-refractivity contribution in [2.24, 2.45) is 5.92 Å². The third-order valence-corrected chi connectivity index (χ3v) is 7.08. The summed E-state index contributed by atoms with van der Waals surface area (Å²) in [6.07, 6.45) is 7.91. The van der Waals surface area contributed by atoms with Crippen molar-refractivity contribution in [2.45, 2.75) is 65.0 Å². The molecule has 2 aromatic rings. The van der Waals surface area contributed by atoms with Gasteiger partial charge in [-0.1, -0.05) is 44.0 Å². The van der Waals surface area contributed by atoms with Gasteiger partial charge in [0.2, 0.25) is 0 Å². The monoisotopic (exact) mass is 433 g/mol. The Morgan fingerprint density at radius 1 is 0.938 bits per heavy atom. The Morgan fingerprint density at radius 3 is 2.28 bits per heavy atom. The van der Waals surface area contributed by atoms with Crippen LogP contribution in [0.4, 0.5) is 5.69 Å². The van der Waals surface area contributed by atoms with Crippen molar-refractivity contribution in [3.05, 3.63) is 65.2 Å². The van der Waals surface area contributed by atoms with Crippen LogP contribution in [0.15, 0.2) is 48.5 Å². The van der Waals surface area contributed by atoms with Crippen LogP contribution in [0.1, 0.15) is 79.9 Å². The van der Waals surface area contributed by atoms with Gasteiger partial charge >= 0.3 is 0 Å². The maximum absolute atomic E-state index is 12.8. The van der Waals surface area contributed by atoms with Crippen molar-refractivity contribution >= 4 is 11.6 Å². The van der Waals surface area contributed by atoms with Crippen LogP contribution in [0.25, 0.3) is 0 Å². The maximum atomic E-state index is 12.8. The van der Waals surface area contributed by atoms with Gasteiger partial charge in [-0.2, -0.15) is 0 Å². The van der Waals surface area contributed by atoms with E-state index in [0.29, 0.717) is 0 Å². The lowest BCUT2D eigenvalue weighted by atomic mass is 9.99. The highest BCUT2D eigenvalue weighted by Crippen LogP contribution is 2.25. The number of hydrogen-bond acceptors (Lipinski definition) is 3. The summed E-state index contributed by atoms with van der Waals surface area (Å²) in [4.78, 5) is 17.8. The average molecular weight is 434 g/mol. The third-order valence-electron chi connectivity index (χ3n) is 7.08. The van der Waals surface area contributed by atoms with Crippen molar-refractivity contribution in [2.75, 3.05) is 31.1 Å². The SMILES string of the molecule is C[C@@H]1CCCN(c2ccc([C@@H](C)NC(=O)c3ccc(CN4CCCCCC4)cc3)cc2)C1. The molecular formula is C28H39N3O. The number of nitrogens with one attached hydrogen (secondary N) is 1. The quantitative estimate of drug-likeness (QED) is 0.626. The van der Waals surface area contributed by atoms with Gasteiger partial charge in [-0.3, -0.25) is 9.69 Å². The smallest absolute Gasteiger partial charge is 0.251 e. The maximum Gasteiger partial charge on any atom is 0.251 e. The molecule has 2 aliphatic rings. The number of rotatable bonds is 6. The van der Waals surface area contributed by atoms with Crippen LogP contribution in [0, 0.1) is 5.92 Å². The molecule has 2 fully saturated rings. The largest absolute Gasteiger partial charge is 0.371 e. The molecule has 0 aliphatic carbocycles. The zero-order valence-electron chi connectivity index (χ0n) is 19.9. The van der Waals surface area contributed by atoms with Crippen molar-refractivity contribution in [1.82, 2.24) is 10.2 Å². The van der Waals surface area contributed by atoms with E-state index in [-0.39, 0.29) is 11.9 Å². The second-order valence-corrected chi connectivity index (χ2v) is 9.87. The van der Waals surface area contributed by atoms with Gasteiger partial charge in [-0.25, -0.2) is 0 Å². The van der Waals surface area contributed by atoms with Gasteiger partial charge in [0.05, 0.1) is 6.04 Å². The lowest BCUT2D eigenvalue weighted by molar-refractivity contribution is 0.0940. The Labute approximate surface area is 194 Å². The molecular weight excluding hydrogens is 394 g/mol. The fourth-order valence-corrected chi connectivity index (χ4v) is 5.08. The van der Waals surface area contributed by atoms with Gasteiger partial charge in [-0.05, 0) is 87.0 Å². The molecule has 0 aromatic heterocycles. The molecule has 172 valence electrons. The third kappa shape index (κ3) is 6.13. The minimum absolute atomic E-state index is 0.00671. The molecule has 0 spiro atoms. The standard InChI is InChI=1S/C28H39N3O/c1-22-8-7-19-31(20-22)27-15-13-25(14-16-27)23(2)29-28(32)26-11-9-24(10-12-26)21-30-17-5-3-4-6-18-30/h9-16,22-23H,3-8,17-21H2,1-2H3,(H,29,32)/t22-,23-/m1/s1. The zero-order valence-corrected chi connectivity index (χ0v) is 19.9. The van der Waals surface area contributed by atoms with Crippen LogP contribution in [-0.2, 0) is 6.54 Å². The molecule has 4 rings (SSSR count). The molecule has 1 amide bonds. The molecule has 2 aromatic carbocycles. The number of amides is 1. The Kier molecular flexibility index (Phi) is 7.85. The molecule has 4 heteroatoms. The predicted molar refractivity (Wildman–Crippen MR) is 133 cm³/mol. The minimum atomic E-state index is -0.0198. The molecule has 0 bridgehead atoms. The number of benzene rings is 2.